The van der Waals surface area contributed by atoms with Crippen molar-refractivity contribution in [3.8, 4) is 11.5 Å². The molecule has 2 aliphatic heterocycles. The Labute approximate surface area is 227 Å². The molecular weight excluding hydrogens is 480 g/mol. The van der Waals surface area contributed by atoms with Gasteiger partial charge in [0.25, 0.3) is 0 Å². The zero-order valence-corrected chi connectivity index (χ0v) is 23.3. The average molecular weight is 521 g/mol. The third-order valence-corrected chi connectivity index (χ3v) is 8.72. The van der Waals surface area contributed by atoms with Crippen molar-refractivity contribution in [2.75, 3.05) is 32.9 Å². The molecule has 0 saturated carbocycles. The summed E-state index contributed by atoms with van der Waals surface area (Å²) in [7, 11) is -0.423. The molecule has 0 amide bonds. The van der Waals surface area contributed by atoms with E-state index in [1.54, 1.807) is 6.07 Å². The van der Waals surface area contributed by atoms with Crippen LogP contribution in [0.5, 0.6) is 11.5 Å². The Balaban J connectivity index is 1.40. The number of aryl methyl sites for hydroxylation is 1. The van der Waals surface area contributed by atoms with Gasteiger partial charge in [0.05, 0.1) is 24.5 Å². The van der Waals surface area contributed by atoms with Crippen LogP contribution in [0.15, 0.2) is 47.9 Å². The van der Waals surface area contributed by atoms with Gasteiger partial charge in [0.2, 0.25) is 0 Å². The molecule has 2 aromatic carbocycles. The third-order valence-electron chi connectivity index (χ3n) is 8.72. The summed E-state index contributed by atoms with van der Waals surface area (Å²) in [4.78, 5) is 2.34. The van der Waals surface area contributed by atoms with Crippen LogP contribution in [0.25, 0.3) is 5.57 Å². The molecule has 2 heterocycles. The summed E-state index contributed by atoms with van der Waals surface area (Å²) >= 11 is 0. The third kappa shape index (κ3) is 5.66. The SMILES string of the molecule is CC1(C)OB(C2=C(c3ccc(OC[C@H]4CCN(CCCF)C4)cc3)c3ccc(O)cc3CCC2)OC1(C)C. The number of hydrogen-bond acceptors (Lipinski definition) is 5. The van der Waals surface area contributed by atoms with E-state index in [0.717, 1.165) is 78.8 Å². The molecule has 2 aromatic rings. The lowest BCUT2D eigenvalue weighted by atomic mass is 9.70. The van der Waals surface area contributed by atoms with Crippen molar-refractivity contribution in [2.45, 2.75) is 71.0 Å². The topological polar surface area (TPSA) is 51.2 Å². The molecule has 0 bridgehead atoms. The molecule has 204 valence electrons. The first-order valence-corrected chi connectivity index (χ1v) is 14.1. The molecule has 3 aliphatic rings. The number of nitrogens with zero attached hydrogens (tertiary/aromatic N) is 1. The van der Waals surface area contributed by atoms with Crippen molar-refractivity contribution in [2.24, 2.45) is 5.92 Å². The summed E-state index contributed by atoms with van der Waals surface area (Å²) in [6.45, 7) is 11.6. The second kappa shape index (κ2) is 11.0. The Kier molecular flexibility index (Phi) is 7.90. The lowest BCUT2D eigenvalue weighted by molar-refractivity contribution is 0.00578. The maximum Gasteiger partial charge on any atom is 0.491 e. The number of allylic oxidation sites excluding steroid dienone is 1. The number of phenols is 1. The van der Waals surface area contributed by atoms with E-state index in [1.165, 1.54) is 0 Å². The van der Waals surface area contributed by atoms with Crippen LogP contribution in [0.1, 0.15) is 70.1 Å². The lowest BCUT2D eigenvalue weighted by Crippen LogP contribution is -2.41. The molecule has 0 radical (unpaired) electrons. The second-order valence-electron chi connectivity index (χ2n) is 12.0. The molecule has 1 atom stereocenters. The molecule has 7 heteroatoms. The Bertz CT molecular complexity index is 1150. The van der Waals surface area contributed by atoms with Crippen LogP contribution in [0, 0.1) is 5.92 Å². The van der Waals surface area contributed by atoms with E-state index < -0.39 is 18.3 Å². The number of fused-ring (bicyclic) bond motifs is 1. The Hall–Kier alpha value is -2.35. The lowest BCUT2D eigenvalue weighted by Gasteiger charge is -2.32. The smallest absolute Gasteiger partial charge is 0.491 e. The largest absolute Gasteiger partial charge is 0.508 e. The predicted molar refractivity (Wildman–Crippen MR) is 150 cm³/mol. The standard InChI is InChI=1S/C31H41BFNO4/c1-30(2)31(3,4)38-32(37-30)28-8-5-7-24-19-25(35)11-14-27(24)29(28)23-9-12-26(13-10-23)36-21-22-15-18-34(20-22)17-6-16-33/h9-14,19,22,35H,5-8,15-18,20-21H2,1-4H3/t22-/m0/s1. The minimum absolute atomic E-state index is 0.248. The maximum atomic E-state index is 12.5. The van der Waals surface area contributed by atoms with Crippen molar-refractivity contribution in [3.63, 3.8) is 0 Å². The van der Waals surface area contributed by atoms with Crippen LogP contribution in [-0.2, 0) is 15.7 Å². The molecule has 1 N–H and O–H groups in total. The number of likely N-dealkylation sites (tertiary alicyclic amines) is 1. The summed E-state index contributed by atoms with van der Waals surface area (Å²) < 4.78 is 31.7. The molecule has 2 fully saturated rings. The number of ether oxygens (including phenoxy) is 1. The summed E-state index contributed by atoms with van der Waals surface area (Å²) in [5.41, 5.74) is 4.80. The van der Waals surface area contributed by atoms with Crippen LogP contribution in [0.4, 0.5) is 4.39 Å². The van der Waals surface area contributed by atoms with Gasteiger partial charge in [0, 0.05) is 19.0 Å². The molecule has 1 aliphatic carbocycles. The minimum atomic E-state index is -0.423. The normalized spacial score (nSPS) is 23.0. The van der Waals surface area contributed by atoms with Gasteiger partial charge in [-0.05, 0) is 118 Å². The number of hydrogen-bond donors (Lipinski definition) is 1. The highest BCUT2D eigenvalue weighted by molar-refractivity contribution is 6.56. The van der Waals surface area contributed by atoms with Crippen LogP contribution < -0.4 is 4.74 Å². The van der Waals surface area contributed by atoms with Crippen LogP contribution in [0.3, 0.4) is 0 Å². The summed E-state index contributed by atoms with van der Waals surface area (Å²) in [5, 5.41) is 10.2. The number of aromatic hydroxyl groups is 1. The molecule has 0 spiro atoms. The maximum absolute atomic E-state index is 12.5. The van der Waals surface area contributed by atoms with E-state index in [0.29, 0.717) is 24.7 Å². The fraction of sp³-hybridized carbons (Fsp3) is 0.548. The van der Waals surface area contributed by atoms with E-state index in [9.17, 15) is 9.50 Å². The first kappa shape index (κ1) is 27.2. The minimum Gasteiger partial charge on any atom is -0.508 e. The molecule has 0 aromatic heterocycles. The summed E-state index contributed by atoms with van der Waals surface area (Å²) in [6, 6.07) is 14.0. The first-order chi connectivity index (χ1) is 18.2. The van der Waals surface area contributed by atoms with Crippen molar-refractivity contribution in [3.05, 3.63) is 64.6 Å². The number of alkyl halides is 1. The summed E-state index contributed by atoms with van der Waals surface area (Å²) in [5.74, 6) is 1.63. The highest BCUT2D eigenvalue weighted by atomic mass is 19.1. The Morgan fingerprint density at radius 2 is 1.79 bits per heavy atom. The highest BCUT2D eigenvalue weighted by Crippen LogP contribution is 2.44. The zero-order valence-electron chi connectivity index (χ0n) is 23.3. The number of halogens is 1. The van der Waals surface area contributed by atoms with Gasteiger partial charge in [0.15, 0.2) is 0 Å². The molecule has 5 nitrogen and oxygen atoms in total. The van der Waals surface area contributed by atoms with E-state index in [1.807, 2.05) is 24.3 Å². The van der Waals surface area contributed by atoms with Gasteiger partial charge in [0.1, 0.15) is 11.5 Å². The van der Waals surface area contributed by atoms with Gasteiger partial charge in [-0.3, -0.25) is 4.39 Å². The summed E-state index contributed by atoms with van der Waals surface area (Å²) in [6.07, 6.45) is 4.42. The fourth-order valence-electron chi connectivity index (χ4n) is 5.83. The van der Waals surface area contributed by atoms with E-state index >= 15 is 0 Å². The number of phenolic OH excluding ortho intramolecular Hbond substituents is 1. The fourth-order valence-corrected chi connectivity index (χ4v) is 5.83. The average Bonchev–Trinajstić information content (AvgIpc) is 3.35. The van der Waals surface area contributed by atoms with E-state index in [4.69, 9.17) is 14.0 Å². The monoisotopic (exact) mass is 521 g/mol. The molecule has 0 unspecified atom stereocenters. The van der Waals surface area contributed by atoms with Gasteiger partial charge in [-0.2, -0.15) is 0 Å². The van der Waals surface area contributed by atoms with Crippen LogP contribution >= 0.6 is 0 Å². The molecular formula is C31H41BFNO4. The Morgan fingerprint density at radius 3 is 2.50 bits per heavy atom. The first-order valence-electron chi connectivity index (χ1n) is 14.1. The van der Waals surface area contributed by atoms with Crippen molar-refractivity contribution < 1.29 is 23.5 Å². The van der Waals surface area contributed by atoms with E-state index in [2.05, 4.69) is 44.7 Å². The van der Waals surface area contributed by atoms with Crippen molar-refractivity contribution in [1.29, 1.82) is 0 Å². The van der Waals surface area contributed by atoms with Crippen molar-refractivity contribution >= 4 is 12.7 Å². The quantitative estimate of drug-likeness (QED) is 0.418. The molecule has 38 heavy (non-hydrogen) atoms. The van der Waals surface area contributed by atoms with Gasteiger partial charge in [-0.15, -0.1) is 0 Å². The van der Waals surface area contributed by atoms with Crippen LogP contribution in [-0.4, -0.2) is 61.2 Å². The van der Waals surface area contributed by atoms with Gasteiger partial charge in [-0.25, -0.2) is 0 Å². The second-order valence-corrected chi connectivity index (χ2v) is 12.0. The number of benzene rings is 2. The molecule has 2 saturated heterocycles. The number of rotatable bonds is 8. The molecule has 5 rings (SSSR count). The van der Waals surface area contributed by atoms with Gasteiger partial charge >= 0.3 is 7.12 Å². The van der Waals surface area contributed by atoms with Crippen LogP contribution in [0.2, 0.25) is 0 Å². The highest BCUT2D eigenvalue weighted by Gasteiger charge is 2.53. The van der Waals surface area contributed by atoms with Crippen molar-refractivity contribution in [1.82, 2.24) is 4.90 Å². The van der Waals surface area contributed by atoms with Gasteiger partial charge < -0.3 is 24.1 Å². The zero-order chi connectivity index (χ0) is 26.9. The predicted octanol–water partition coefficient (Wildman–Crippen LogP) is 6.22. The van der Waals surface area contributed by atoms with Gasteiger partial charge in [-0.1, -0.05) is 18.2 Å². The van der Waals surface area contributed by atoms with E-state index in [-0.39, 0.29) is 6.67 Å². The Morgan fingerprint density at radius 1 is 1.05 bits per heavy atom.